The van der Waals surface area contributed by atoms with Gasteiger partial charge in [0.15, 0.2) is 0 Å². The molecule has 1 atom stereocenters. The van der Waals surface area contributed by atoms with Crippen LogP contribution in [0.1, 0.15) is 36.0 Å². The number of amides is 1. The predicted molar refractivity (Wildman–Crippen MR) is 94.1 cm³/mol. The molecular weight excluding hydrogens is 342 g/mol. The molecule has 2 aliphatic rings. The fraction of sp³-hybridized carbons (Fsp3) is 0.588. The molecule has 2 N–H and O–H groups in total. The van der Waals surface area contributed by atoms with E-state index in [2.05, 4.69) is 4.90 Å². The average Bonchev–Trinajstić information content (AvgIpc) is 3.14. The molecule has 25 heavy (non-hydrogen) atoms. The lowest BCUT2D eigenvalue weighted by Crippen LogP contribution is -2.49. The number of hydrogen-bond donors (Lipinski definition) is 1. The van der Waals surface area contributed by atoms with E-state index in [1.807, 2.05) is 0 Å². The number of sulfonamides is 1. The van der Waals surface area contributed by atoms with Gasteiger partial charge in [-0.15, -0.1) is 0 Å². The highest BCUT2D eigenvalue weighted by molar-refractivity contribution is 7.89. The van der Waals surface area contributed by atoms with Crippen LogP contribution in [0.4, 0.5) is 0 Å². The molecule has 2 heterocycles. The molecular formula is C17H25N3O4S. The first-order chi connectivity index (χ1) is 11.9. The third kappa shape index (κ3) is 3.96. The summed E-state index contributed by atoms with van der Waals surface area (Å²) in [6.07, 6.45) is 4.48. The minimum atomic E-state index is -3.87. The van der Waals surface area contributed by atoms with Crippen molar-refractivity contribution in [3.63, 3.8) is 0 Å². The Labute approximate surface area is 148 Å². The normalized spacial score (nSPS) is 22.2. The summed E-state index contributed by atoms with van der Waals surface area (Å²) in [6.45, 7) is 3.53. The van der Waals surface area contributed by atoms with Crippen molar-refractivity contribution in [2.24, 2.45) is 5.14 Å². The van der Waals surface area contributed by atoms with Crippen molar-refractivity contribution in [1.82, 2.24) is 9.80 Å². The second kappa shape index (κ2) is 7.31. The highest BCUT2D eigenvalue weighted by Gasteiger charge is 2.31. The summed E-state index contributed by atoms with van der Waals surface area (Å²) in [7, 11) is -2.41. The van der Waals surface area contributed by atoms with Crippen LogP contribution in [0.25, 0.3) is 0 Å². The summed E-state index contributed by atoms with van der Waals surface area (Å²) in [6, 6.07) is 4.53. The van der Waals surface area contributed by atoms with E-state index in [1.165, 1.54) is 38.2 Å². The molecule has 138 valence electrons. The molecule has 1 amide bonds. The van der Waals surface area contributed by atoms with E-state index in [1.54, 1.807) is 4.90 Å². The van der Waals surface area contributed by atoms with Gasteiger partial charge in [0.05, 0.1) is 17.6 Å². The maximum Gasteiger partial charge on any atom is 0.257 e. The fourth-order valence-corrected chi connectivity index (χ4v) is 4.29. The number of carbonyl (C=O) groups excluding carboxylic acids is 1. The van der Waals surface area contributed by atoms with Gasteiger partial charge in [-0.1, -0.05) is 0 Å². The Balaban J connectivity index is 1.84. The summed E-state index contributed by atoms with van der Waals surface area (Å²) < 4.78 is 28.5. The Morgan fingerprint density at radius 3 is 2.56 bits per heavy atom. The molecule has 7 nitrogen and oxygen atoms in total. The molecule has 1 unspecified atom stereocenters. The lowest BCUT2D eigenvalue weighted by molar-refractivity contribution is 0.0604. The molecule has 1 aromatic carbocycles. The van der Waals surface area contributed by atoms with Crippen LogP contribution in [-0.4, -0.2) is 63.5 Å². The number of nitrogens with two attached hydrogens (primary N) is 1. The average molecular weight is 367 g/mol. The molecule has 0 spiro atoms. The van der Waals surface area contributed by atoms with Crippen LogP contribution in [0.2, 0.25) is 0 Å². The fourth-order valence-electron chi connectivity index (χ4n) is 3.75. The van der Waals surface area contributed by atoms with Crippen LogP contribution >= 0.6 is 0 Å². The monoisotopic (exact) mass is 367 g/mol. The molecule has 2 fully saturated rings. The molecule has 2 saturated heterocycles. The Hall–Kier alpha value is -1.64. The summed E-state index contributed by atoms with van der Waals surface area (Å²) in [5.41, 5.74) is 0.246. The number of methoxy groups -OCH3 is 1. The molecule has 0 saturated carbocycles. The van der Waals surface area contributed by atoms with Gasteiger partial charge in [0.2, 0.25) is 10.0 Å². The van der Waals surface area contributed by atoms with Crippen molar-refractivity contribution in [2.45, 2.75) is 36.6 Å². The van der Waals surface area contributed by atoms with Crippen LogP contribution in [0.15, 0.2) is 23.1 Å². The maximum absolute atomic E-state index is 13.0. The van der Waals surface area contributed by atoms with Crippen LogP contribution in [0.5, 0.6) is 5.75 Å². The zero-order valence-electron chi connectivity index (χ0n) is 14.5. The van der Waals surface area contributed by atoms with Crippen LogP contribution in [0.3, 0.4) is 0 Å². The van der Waals surface area contributed by atoms with Crippen molar-refractivity contribution in [3.05, 3.63) is 23.8 Å². The Bertz CT molecular complexity index is 744. The van der Waals surface area contributed by atoms with Crippen molar-refractivity contribution >= 4 is 15.9 Å². The van der Waals surface area contributed by atoms with Gasteiger partial charge >= 0.3 is 0 Å². The van der Waals surface area contributed by atoms with E-state index in [4.69, 9.17) is 9.88 Å². The SMILES string of the molecule is COc1ccc(S(N)(=O)=O)cc1C(=O)N1CCCC(N2CCCC2)C1. The summed E-state index contributed by atoms with van der Waals surface area (Å²) in [5.74, 6) is 0.159. The first kappa shape index (κ1) is 18.2. The van der Waals surface area contributed by atoms with Crippen LogP contribution in [0, 0.1) is 0 Å². The molecule has 0 aliphatic carbocycles. The highest BCUT2D eigenvalue weighted by atomic mass is 32.2. The highest BCUT2D eigenvalue weighted by Crippen LogP contribution is 2.26. The number of benzene rings is 1. The quantitative estimate of drug-likeness (QED) is 0.858. The van der Waals surface area contributed by atoms with E-state index in [0.29, 0.717) is 24.9 Å². The Kier molecular flexibility index (Phi) is 5.31. The smallest absolute Gasteiger partial charge is 0.257 e. The lowest BCUT2D eigenvalue weighted by atomic mass is 10.0. The van der Waals surface area contributed by atoms with E-state index < -0.39 is 10.0 Å². The third-order valence-corrected chi connectivity index (χ3v) is 5.98. The Morgan fingerprint density at radius 1 is 1.20 bits per heavy atom. The van der Waals surface area contributed by atoms with Crippen molar-refractivity contribution in [2.75, 3.05) is 33.3 Å². The van der Waals surface area contributed by atoms with Gasteiger partial charge in [-0.2, -0.15) is 0 Å². The van der Waals surface area contributed by atoms with E-state index in [-0.39, 0.29) is 16.4 Å². The van der Waals surface area contributed by atoms with Crippen molar-refractivity contribution < 1.29 is 17.9 Å². The number of likely N-dealkylation sites (tertiary alicyclic amines) is 2. The van der Waals surface area contributed by atoms with Gasteiger partial charge in [0, 0.05) is 19.1 Å². The number of nitrogens with zero attached hydrogens (tertiary/aromatic N) is 2. The molecule has 0 aromatic heterocycles. The number of carbonyl (C=O) groups is 1. The van der Waals surface area contributed by atoms with Crippen molar-refractivity contribution in [1.29, 1.82) is 0 Å². The second-order valence-electron chi connectivity index (χ2n) is 6.70. The topological polar surface area (TPSA) is 92.9 Å². The number of rotatable bonds is 4. The van der Waals surface area contributed by atoms with E-state index in [0.717, 1.165) is 25.9 Å². The first-order valence-corrected chi connectivity index (χ1v) is 10.2. The van der Waals surface area contributed by atoms with Gasteiger partial charge in [-0.25, -0.2) is 13.6 Å². The summed E-state index contributed by atoms with van der Waals surface area (Å²) in [5, 5.41) is 5.20. The van der Waals surface area contributed by atoms with Crippen LogP contribution in [-0.2, 0) is 10.0 Å². The minimum absolute atomic E-state index is 0.0789. The van der Waals surface area contributed by atoms with Gasteiger partial charge in [0.25, 0.3) is 5.91 Å². The Morgan fingerprint density at radius 2 is 1.92 bits per heavy atom. The first-order valence-electron chi connectivity index (χ1n) is 8.64. The molecule has 1 aromatic rings. The van der Waals surface area contributed by atoms with Crippen LogP contribution < -0.4 is 9.88 Å². The zero-order valence-corrected chi connectivity index (χ0v) is 15.3. The van der Waals surface area contributed by atoms with E-state index in [9.17, 15) is 13.2 Å². The molecule has 0 radical (unpaired) electrons. The second-order valence-corrected chi connectivity index (χ2v) is 8.26. The minimum Gasteiger partial charge on any atom is -0.496 e. The van der Waals surface area contributed by atoms with Gasteiger partial charge in [-0.05, 0) is 57.0 Å². The molecule has 3 rings (SSSR count). The summed E-state index contributed by atoms with van der Waals surface area (Å²) in [4.78, 5) is 17.2. The summed E-state index contributed by atoms with van der Waals surface area (Å²) >= 11 is 0. The molecule has 8 heteroatoms. The maximum atomic E-state index is 13.0. The van der Waals surface area contributed by atoms with E-state index >= 15 is 0 Å². The van der Waals surface area contributed by atoms with Crippen molar-refractivity contribution in [3.8, 4) is 5.75 Å². The molecule has 2 aliphatic heterocycles. The van der Waals surface area contributed by atoms with Gasteiger partial charge < -0.3 is 9.64 Å². The van der Waals surface area contributed by atoms with Gasteiger partial charge in [0.1, 0.15) is 5.75 Å². The standard InChI is InChI=1S/C17H25N3O4S/c1-24-16-7-6-14(25(18,22)23)11-15(16)17(21)20-10-4-5-13(12-20)19-8-2-3-9-19/h6-7,11,13H,2-5,8-10,12H2,1H3,(H2,18,22,23). The number of primary sulfonamides is 1. The number of piperidine rings is 1. The third-order valence-electron chi connectivity index (χ3n) is 5.07. The molecule has 0 bridgehead atoms. The zero-order chi connectivity index (χ0) is 18.0. The van der Waals surface area contributed by atoms with Gasteiger partial charge in [-0.3, -0.25) is 9.69 Å². The predicted octanol–water partition coefficient (Wildman–Crippen LogP) is 1.04. The number of hydrogen-bond acceptors (Lipinski definition) is 5. The lowest BCUT2D eigenvalue weighted by Gasteiger charge is -2.37. The largest absolute Gasteiger partial charge is 0.496 e. The number of ether oxygens (including phenoxy) is 1.